The molecule has 0 aliphatic carbocycles. The summed E-state index contributed by atoms with van der Waals surface area (Å²) in [5.41, 5.74) is 1.65. The lowest BCUT2D eigenvalue weighted by molar-refractivity contribution is 0.0935. The van der Waals surface area contributed by atoms with E-state index in [-0.39, 0.29) is 16.9 Å². The normalized spacial score (nSPS) is 10.1. The fraction of sp³-hybridized carbons (Fsp3) is 0.250. The van der Waals surface area contributed by atoms with Gasteiger partial charge in [-0.05, 0) is 67.7 Å². The van der Waals surface area contributed by atoms with Crippen LogP contribution in [0.5, 0.6) is 5.75 Å². The van der Waals surface area contributed by atoms with Gasteiger partial charge < -0.3 is 20.1 Å². The van der Waals surface area contributed by atoms with Crippen molar-refractivity contribution in [2.24, 2.45) is 0 Å². The van der Waals surface area contributed by atoms with Crippen LogP contribution >= 0.6 is 12.2 Å². The van der Waals surface area contributed by atoms with E-state index in [9.17, 15) is 9.59 Å². The second-order valence-electron chi connectivity index (χ2n) is 5.69. The van der Waals surface area contributed by atoms with Crippen LogP contribution in [0.4, 0.5) is 5.69 Å². The molecule has 2 aromatic carbocycles. The Hall–Kier alpha value is -2.97. The minimum Gasteiger partial charge on any atom is -0.494 e. The van der Waals surface area contributed by atoms with Crippen molar-refractivity contribution in [1.29, 1.82) is 0 Å². The van der Waals surface area contributed by atoms with Gasteiger partial charge in [-0.1, -0.05) is 0 Å². The Balaban J connectivity index is 1.86. The second-order valence-corrected chi connectivity index (χ2v) is 6.10. The summed E-state index contributed by atoms with van der Waals surface area (Å²) in [7, 11) is 1.57. The van der Waals surface area contributed by atoms with Crippen LogP contribution < -0.4 is 20.7 Å². The number of rotatable bonds is 8. The lowest BCUT2D eigenvalue weighted by Crippen LogP contribution is -2.34. The molecule has 0 atom stereocenters. The van der Waals surface area contributed by atoms with E-state index in [1.165, 1.54) is 0 Å². The van der Waals surface area contributed by atoms with Gasteiger partial charge in [-0.2, -0.15) is 0 Å². The fourth-order valence-electron chi connectivity index (χ4n) is 2.28. The van der Waals surface area contributed by atoms with E-state index >= 15 is 0 Å². The summed E-state index contributed by atoms with van der Waals surface area (Å²) in [5, 5.41) is 8.43. The molecule has 0 spiro atoms. The Bertz CT molecular complexity index is 807. The van der Waals surface area contributed by atoms with Gasteiger partial charge in [0.1, 0.15) is 5.75 Å². The van der Waals surface area contributed by atoms with Crippen LogP contribution in [-0.4, -0.2) is 43.8 Å². The number of anilines is 1. The van der Waals surface area contributed by atoms with Crippen LogP contribution in [0, 0.1) is 0 Å². The molecular weight excluding hydrogens is 378 g/mol. The molecule has 0 saturated carbocycles. The van der Waals surface area contributed by atoms with Crippen LogP contribution in [0.3, 0.4) is 0 Å². The standard InChI is InChI=1S/C20H23N3O4S/c1-3-27-17-10-6-15(7-11-17)19(25)23-20(28)22-16-8-4-14(5-9-16)18(24)21-12-13-26-2/h4-11H,3,12-13H2,1-2H3,(H,21,24)(H2,22,23,25,28). The van der Waals surface area contributed by atoms with E-state index < -0.39 is 0 Å². The van der Waals surface area contributed by atoms with Gasteiger partial charge in [0.2, 0.25) is 0 Å². The first-order valence-corrected chi connectivity index (χ1v) is 9.16. The van der Waals surface area contributed by atoms with Gasteiger partial charge in [-0.15, -0.1) is 0 Å². The van der Waals surface area contributed by atoms with Crippen molar-refractivity contribution in [3.8, 4) is 5.75 Å². The van der Waals surface area contributed by atoms with Crippen LogP contribution in [0.2, 0.25) is 0 Å². The molecular formula is C20H23N3O4S. The highest BCUT2D eigenvalue weighted by molar-refractivity contribution is 7.80. The third-order valence-corrected chi connectivity index (χ3v) is 3.86. The molecule has 0 unspecified atom stereocenters. The van der Waals surface area contributed by atoms with Crippen molar-refractivity contribution in [2.45, 2.75) is 6.92 Å². The first-order chi connectivity index (χ1) is 13.5. The number of carbonyl (C=O) groups excluding carboxylic acids is 2. The Morgan fingerprint density at radius 1 is 0.964 bits per heavy atom. The molecule has 0 aliphatic rings. The summed E-state index contributed by atoms with van der Waals surface area (Å²) >= 11 is 5.17. The number of nitrogens with one attached hydrogen (secondary N) is 3. The molecule has 0 saturated heterocycles. The summed E-state index contributed by atoms with van der Waals surface area (Å²) in [4.78, 5) is 24.2. The predicted octanol–water partition coefficient (Wildman–Crippen LogP) is 2.59. The fourth-order valence-corrected chi connectivity index (χ4v) is 2.49. The summed E-state index contributed by atoms with van der Waals surface area (Å²) < 4.78 is 10.2. The highest BCUT2D eigenvalue weighted by atomic mass is 32.1. The zero-order valence-corrected chi connectivity index (χ0v) is 16.6. The van der Waals surface area contributed by atoms with Gasteiger partial charge in [-0.25, -0.2) is 0 Å². The monoisotopic (exact) mass is 401 g/mol. The van der Waals surface area contributed by atoms with Crippen molar-refractivity contribution in [2.75, 3.05) is 32.2 Å². The van der Waals surface area contributed by atoms with Crippen molar-refractivity contribution in [3.63, 3.8) is 0 Å². The first kappa shape index (κ1) is 21.3. The Kier molecular flexibility index (Phi) is 8.38. The summed E-state index contributed by atoms with van der Waals surface area (Å²) in [6, 6.07) is 13.5. The maximum atomic E-state index is 12.2. The molecule has 2 aromatic rings. The molecule has 7 nitrogen and oxygen atoms in total. The molecule has 0 radical (unpaired) electrons. The van der Waals surface area contributed by atoms with Gasteiger partial charge in [0.25, 0.3) is 11.8 Å². The maximum Gasteiger partial charge on any atom is 0.257 e. The summed E-state index contributed by atoms with van der Waals surface area (Å²) in [5.74, 6) is 0.191. The SMILES string of the molecule is CCOc1ccc(C(=O)NC(=S)Nc2ccc(C(=O)NCCOC)cc2)cc1. The van der Waals surface area contributed by atoms with Gasteiger partial charge in [-0.3, -0.25) is 14.9 Å². The van der Waals surface area contributed by atoms with Crippen molar-refractivity contribution in [3.05, 3.63) is 59.7 Å². The van der Waals surface area contributed by atoms with E-state index in [0.717, 1.165) is 0 Å². The van der Waals surface area contributed by atoms with E-state index in [1.807, 2.05) is 6.92 Å². The molecule has 3 N–H and O–H groups in total. The van der Waals surface area contributed by atoms with Gasteiger partial charge >= 0.3 is 0 Å². The number of thiocarbonyl (C=S) groups is 1. The predicted molar refractivity (Wildman–Crippen MR) is 112 cm³/mol. The molecule has 8 heteroatoms. The molecule has 2 amide bonds. The lowest BCUT2D eigenvalue weighted by Gasteiger charge is -2.11. The largest absolute Gasteiger partial charge is 0.494 e. The lowest BCUT2D eigenvalue weighted by atomic mass is 10.2. The minimum absolute atomic E-state index is 0.163. The van der Waals surface area contributed by atoms with E-state index in [2.05, 4.69) is 16.0 Å². The molecule has 0 aromatic heterocycles. The zero-order chi connectivity index (χ0) is 20.4. The topological polar surface area (TPSA) is 88.7 Å². The molecule has 0 bridgehead atoms. The highest BCUT2D eigenvalue weighted by Gasteiger charge is 2.09. The second kappa shape index (κ2) is 11.0. The number of amides is 2. The van der Waals surface area contributed by atoms with Gasteiger partial charge in [0.15, 0.2) is 5.11 Å². The van der Waals surface area contributed by atoms with E-state index in [0.29, 0.717) is 42.3 Å². The number of hydrogen-bond acceptors (Lipinski definition) is 5. The summed E-state index contributed by atoms with van der Waals surface area (Å²) in [6.45, 7) is 3.35. The molecule has 0 fully saturated rings. The Morgan fingerprint density at radius 2 is 1.57 bits per heavy atom. The van der Waals surface area contributed by atoms with E-state index in [4.69, 9.17) is 21.7 Å². The molecule has 0 heterocycles. The highest BCUT2D eigenvalue weighted by Crippen LogP contribution is 2.12. The molecule has 0 aliphatic heterocycles. The molecule has 2 rings (SSSR count). The third kappa shape index (κ3) is 6.64. The molecule has 148 valence electrons. The Labute approximate surface area is 169 Å². The number of ether oxygens (including phenoxy) is 2. The van der Waals surface area contributed by atoms with Crippen molar-refractivity contribution in [1.82, 2.24) is 10.6 Å². The number of methoxy groups -OCH3 is 1. The Morgan fingerprint density at radius 3 is 2.18 bits per heavy atom. The third-order valence-electron chi connectivity index (χ3n) is 3.65. The maximum absolute atomic E-state index is 12.2. The smallest absolute Gasteiger partial charge is 0.257 e. The average Bonchev–Trinajstić information content (AvgIpc) is 2.69. The quantitative estimate of drug-likeness (QED) is 0.465. The van der Waals surface area contributed by atoms with Crippen LogP contribution in [0.25, 0.3) is 0 Å². The number of benzene rings is 2. The van der Waals surface area contributed by atoms with Crippen LogP contribution in [-0.2, 0) is 4.74 Å². The van der Waals surface area contributed by atoms with Gasteiger partial charge in [0.05, 0.1) is 13.2 Å². The van der Waals surface area contributed by atoms with E-state index in [1.54, 1.807) is 55.6 Å². The van der Waals surface area contributed by atoms with Crippen molar-refractivity contribution >= 4 is 34.8 Å². The van der Waals surface area contributed by atoms with Crippen LogP contribution in [0.15, 0.2) is 48.5 Å². The minimum atomic E-state index is -0.324. The first-order valence-electron chi connectivity index (χ1n) is 8.76. The van der Waals surface area contributed by atoms with Crippen LogP contribution in [0.1, 0.15) is 27.6 Å². The van der Waals surface area contributed by atoms with Crippen molar-refractivity contribution < 1.29 is 19.1 Å². The number of carbonyl (C=O) groups is 2. The number of hydrogen-bond donors (Lipinski definition) is 3. The average molecular weight is 401 g/mol. The zero-order valence-electron chi connectivity index (χ0n) is 15.8. The summed E-state index contributed by atoms with van der Waals surface area (Å²) in [6.07, 6.45) is 0. The molecule has 28 heavy (non-hydrogen) atoms. The van der Waals surface area contributed by atoms with Gasteiger partial charge in [0, 0.05) is 30.5 Å².